The first kappa shape index (κ1) is 16.8. The Morgan fingerprint density at radius 1 is 1.36 bits per heavy atom. The Bertz CT molecular complexity index is 507. The molecule has 0 unspecified atom stereocenters. The van der Waals surface area contributed by atoms with Gasteiger partial charge in [0, 0.05) is 6.42 Å². The van der Waals surface area contributed by atoms with E-state index in [0.29, 0.717) is 19.6 Å². The minimum atomic E-state index is -1.25. The topological polar surface area (TPSA) is 59.0 Å². The van der Waals surface area contributed by atoms with Crippen LogP contribution in [0.15, 0.2) is 30.3 Å². The minimum absolute atomic E-state index is 0.206. The van der Waals surface area contributed by atoms with Crippen LogP contribution in [0.3, 0.4) is 0 Å². The average molecular weight is 307 g/mol. The van der Waals surface area contributed by atoms with Gasteiger partial charge in [0.1, 0.15) is 11.3 Å². The largest absolute Gasteiger partial charge is 0.444 e. The predicted molar refractivity (Wildman–Crippen MR) is 83.2 cm³/mol. The summed E-state index contributed by atoms with van der Waals surface area (Å²) in [5, 5.41) is 10.4. The maximum Gasteiger partial charge on any atom is 0.412 e. The number of rotatable bonds is 3. The first-order chi connectivity index (χ1) is 10.2. The van der Waals surface area contributed by atoms with Crippen molar-refractivity contribution in [3.8, 4) is 0 Å². The molecule has 2 atom stereocenters. The molecule has 5 heteroatoms. The fourth-order valence-electron chi connectivity index (χ4n) is 2.49. The molecule has 1 aliphatic heterocycles. The van der Waals surface area contributed by atoms with E-state index in [0.717, 1.165) is 5.56 Å². The van der Waals surface area contributed by atoms with Gasteiger partial charge in [-0.1, -0.05) is 30.3 Å². The predicted octanol–water partition coefficient (Wildman–Crippen LogP) is 2.92. The molecular formula is C17H25NO4. The number of benzene rings is 1. The second-order valence-corrected chi connectivity index (χ2v) is 6.93. The average Bonchev–Trinajstić information content (AvgIpc) is 2.71. The lowest BCUT2D eigenvalue weighted by Gasteiger charge is -2.31. The molecule has 1 amide bonds. The molecule has 0 aromatic heterocycles. The van der Waals surface area contributed by atoms with Crippen LogP contribution in [0.25, 0.3) is 0 Å². The van der Waals surface area contributed by atoms with Crippen LogP contribution in [0, 0.1) is 0 Å². The molecule has 1 saturated heterocycles. The van der Waals surface area contributed by atoms with Crippen LogP contribution in [0.5, 0.6) is 0 Å². The second kappa shape index (κ2) is 6.26. The van der Waals surface area contributed by atoms with Crippen LogP contribution in [0.2, 0.25) is 0 Å². The molecule has 1 heterocycles. The quantitative estimate of drug-likeness (QED) is 0.933. The maximum atomic E-state index is 12.2. The molecule has 5 nitrogen and oxygen atoms in total. The lowest BCUT2D eigenvalue weighted by atomic mass is 10.1. The molecule has 0 bridgehead atoms. The van der Waals surface area contributed by atoms with Crippen LogP contribution in [-0.4, -0.2) is 40.1 Å². The molecule has 122 valence electrons. The third-order valence-corrected chi connectivity index (χ3v) is 3.52. The van der Waals surface area contributed by atoms with Crippen molar-refractivity contribution in [1.29, 1.82) is 0 Å². The number of carbonyl (C=O) groups excluding carboxylic acids is 1. The van der Waals surface area contributed by atoms with Gasteiger partial charge >= 0.3 is 6.09 Å². The van der Waals surface area contributed by atoms with Gasteiger partial charge in [0.25, 0.3) is 0 Å². The van der Waals surface area contributed by atoms with Crippen molar-refractivity contribution in [2.45, 2.75) is 58.2 Å². The van der Waals surface area contributed by atoms with E-state index in [-0.39, 0.29) is 6.10 Å². The summed E-state index contributed by atoms with van der Waals surface area (Å²) in [5.41, 5.74) is -0.766. The van der Waals surface area contributed by atoms with Crippen LogP contribution >= 0.6 is 0 Å². The van der Waals surface area contributed by atoms with Gasteiger partial charge in [-0.15, -0.1) is 0 Å². The van der Waals surface area contributed by atoms with Gasteiger partial charge < -0.3 is 14.6 Å². The summed E-state index contributed by atoms with van der Waals surface area (Å²) in [7, 11) is 0. The molecule has 1 aliphatic rings. The van der Waals surface area contributed by atoms with E-state index < -0.39 is 17.4 Å². The molecule has 0 spiro atoms. The molecule has 2 rings (SSSR count). The highest BCUT2D eigenvalue weighted by atomic mass is 16.6. The Labute approximate surface area is 131 Å². The van der Waals surface area contributed by atoms with Gasteiger partial charge in [0.15, 0.2) is 0 Å². The Balaban J connectivity index is 1.93. The number of nitrogens with zero attached hydrogens (tertiary/aromatic N) is 1. The summed E-state index contributed by atoms with van der Waals surface area (Å²) < 4.78 is 11.2. The first-order valence-corrected chi connectivity index (χ1v) is 7.56. The third kappa shape index (κ3) is 4.45. The van der Waals surface area contributed by atoms with Gasteiger partial charge in [-0.2, -0.15) is 0 Å². The molecule has 22 heavy (non-hydrogen) atoms. The lowest BCUT2D eigenvalue weighted by Crippen LogP contribution is -2.47. The fourth-order valence-corrected chi connectivity index (χ4v) is 2.49. The normalized spacial score (nSPS) is 25.3. The SMILES string of the molecule is CC(C)(C)OC(=O)N1C[C@H](OCc2ccccc2)C[C@]1(C)O. The molecule has 1 aromatic carbocycles. The van der Waals surface area contributed by atoms with Gasteiger partial charge in [0.05, 0.1) is 19.3 Å². The Kier molecular flexibility index (Phi) is 4.78. The number of likely N-dealkylation sites (tertiary alicyclic amines) is 1. The molecule has 0 saturated carbocycles. The summed E-state index contributed by atoms with van der Waals surface area (Å²) in [4.78, 5) is 13.5. The summed E-state index contributed by atoms with van der Waals surface area (Å²) >= 11 is 0. The molecular weight excluding hydrogens is 282 g/mol. The minimum Gasteiger partial charge on any atom is -0.444 e. The molecule has 1 N–H and O–H groups in total. The van der Waals surface area contributed by atoms with E-state index in [1.165, 1.54) is 4.90 Å². The molecule has 1 aromatic rings. The second-order valence-electron chi connectivity index (χ2n) is 6.93. The third-order valence-electron chi connectivity index (χ3n) is 3.52. The van der Waals surface area contributed by atoms with Crippen molar-refractivity contribution >= 4 is 6.09 Å². The summed E-state index contributed by atoms with van der Waals surface area (Å²) in [6.07, 6.45) is -0.343. The number of hydrogen-bond acceptors (Lipinski definition) is 4. The van der Waals surface area contributed by atoms with E-state index in [1.807, 2.05) is 30.3 Å². The highest BCUT2D eigenvalue weighted by molar-refractivity contribution is 5.69. The van der Waals surface area contributed by atoms with E-state index in [2.05, 4.69) is 0 Å². The number of ether oxygens (including phenoxy) is 2. The number of aliphatic hydroxyl groups is 1. The lowest BCUT2D eigenvalue weighted by molar-refractivity contribution is -0.0721. The zero-order chi connectivity index (χ0) is 16.4. The molecule has 0 aliphatic carbocycles. The van der Waals surface area contributed by atoms with Gasteiger partial charge in [-0.3, -0.25) is 4.90 Å². The standard InChI is InChI=1S/C17H25NO4/c1-16(2,3)22-15(19)18-11-14(10-17(18,4)20)21-12-13-8-6-5-7-9-13/h5-9,14,20H,10-12H2,1-4H3/t14-,17+/m1/s1. The van der Waals surface area contributed by atoms with Gasteiger partial charge in [0.2, 0.25) is 0 Å². The summed E-state index contributed by atoms with van der Waals surface area (Å²) in [6.45, 7) is 7.82. The van der Waals surface area contributed by atoms with Crippen LogP contribution in [-0.2, 0) is 16.1 Å². The molecule has 0 radical (unpaired) electrons. The van der Waals surface area contributed by atoms with Crippen LogP contribution in [0.4, 0.5) is 4.79 Å². The van der Waals surface area contributed by atoms with Crippen molar-refractivity contribution in [3.05, 3.63) is 35.9 Å². The van der Waals surface area contributed by atoms with Crippen molar-refractivity contribution < 1.29 is 19.4 Å². The van der Waals surface area contributed by atoms with Crippen LogP contribution < -0.4 is 0 Å². The Morgan fingerprint density at radius 3 is 2.59 bits per heavy atom. The van der Waals surface area contributed by atoms with Gasteiger partial charge in [-0.05, 0) is 33.3 Å². The fraction of sp³-hybridized carbons (Fsp3) is 0.588. The van der Waals surface area contributed by atoms with Crippen molar-refractivity contribution in [2.75, 3.05) is 6.54 Å². The van der Waals surface area contributed by atoms with Gasteiger partial charge in [-0.25, -0.2) is 4.79 Å². The number of hydrogen-bond donors (Lipinski definition) is 1. The van der Waals surface area contributed by atoms with Crippen molar-refractivity contribution in [3.63, 3.8) is 0 Å². The highest BCUT2D eigenvalue weighted by Gasteiger charge is 2.45. The maximum absolute atomic E-state index is 12.2. The van der Waals surface area contributed by atoms with E-state index in [9.17, 15) is 9.90 Å². The van der Waals surface area contributed by atoms with Crippen molar-refractivity contribution in [1.82, 2.24) is 4.90 Å². The van der Waals surface area contributed by atoms with Crippen LogP contribution in [0.1, 0.15) is 39.7 Å². The highest BCUT2D eigenvalue weighted by Crippen LogP contribution is 2.30. The number of carbonyl (C=O) groups is 1. The van der Waals surface area contributed by atoms with Crippen molar-refractivity contribution in [2.24, 2.45) is 0 Å². The van der Waals surface area contributed by atoms with E-state index >= 15 is 0 Å². The Hall–Kier alpha value is -1.59. The van der Waals surface area contributed by atoms with E-state index in [1.54, 1.807) is 27.7 Å². The van der Waals surface area contributed by atoms with E-state index in [4.69, 9.17) is 9.47 Å². The summed E-state index contributed by atoms with van der Waals surface area (Å²) in [5.74, 6) is 0. The zero-order valence-electron chi connectivity index (χ0n) is 13.7. The zero-order valence-corrected chi connectivity index (χ0v) is 13.7. The smallest absolute Gasteiger partial charge is 0.412 e. The molecule has 1 fully saturated rings. The summed E-state index contributed by atoms with van der Waals surface area (Å²) in [6, 6.07) is 9.83. The Morgan fingerprint density at radius 2 is 2.00 bits per heavy atom. The number of amides is 1. The monoisotopic (exact) mass is 307 g/mol. The first-order valence-electron chi connectivity index (χ1n) is 7.56.